The van der Waals surface area contributed by atoms with Gasteiger partial charge in [-0.05, 0) is 39.8 Å². The molecule has 0 bridgehead atoms. The third kappa shape index (κ3) is 4.85. The van der Waals surface area contributed by atoms with Crippen LogP contribution in [0.4, 0.5) is 4.39 Å². The van der Waals surface area contributed by atoms with Crippen LogP contribution in [0.5, 0.6) is 5.75 Å². The molecule has 0 saturated carbocycles. The number of halogens is 1. The Labute approximate surface area is 101 Å². The standard InChI is InChI=1S/C13H17FO3/c1-9(12(15)17-13(2,3)4)16-11-7-5-6-10(14)8-11/h5-9H,1-4H3. The lowest BCUT2D eigenvalue weighted by Gasteiger charge is -2.22. The summed E-state index contributed by atoms with van der Waals surface area (Å²) in [5.74, 6) is -0.566. The maximum atomic E-state index is 12.9. The van der Waals surface area contributed by atoms with Gasteiger partial charge in [0.15, 0.2) is 6.10 Å². The van der Waals surface area contributed by atoms with E-state index in [9.17, 15) is 9.18 Å². The largest absolute Gasteiger partial charge is 0.479 e. The number of hydrogen-bond donors (Lipinski definition) is 0. The van der Waals surface area contributed by atoms with E-state index < -0.39 is 23.5 Å². The fraction of sp³-hybridized carbons (Fsp3) is 0.462. The predicted octanol–water partition coefficient (Wildman–Crippen LogP) is 2.93. The number of benzene rings is 1. The molecule has 94 valence electrons. The molecule has 0 N–H and O–H groups in total. The van der Waals surface area contributed by atoms with Gasteiger partial charge in [0.2, 0.25) is 0 Å². The smallest absolute Gasteiger partial charge is 0.347 e. The third-order valence-electron chi connectivity index (χ3n) is 1.85. The molecule has 0 saturated heterocycles. The van der Waals surface area contributed by atoms with Gasteiger partial charge in [0.05, 0.1) is 0 Å². The predicted molar refractivity (Wildman–Crippen MR) is 62.3 cm³/mol. The van der Waals surface area contributed by atoms with Gasteiger partial charge >= 0.3 is 5.97 Å². The molecule has 1 atom stereocenters. The Balaban J connectivity index is 2.60. The second-order valence-corrected chi connectivity index (χ2v) is 4.75. The number of carbonyl (C=O) groups is 1. The average Bonchev–Trinajstić information content (AvgIpc) is 2.14. The van der Waals surface area contributed by atoms with Gasteiger partial charge in [0.25, 0.3) is 0 Å². The molecule has 0 aromatic heterocycles. The number of carbonyl (C=O) groups excluding carboxylic acids is 1. The minimum Gasteiger partial charge on any atom is -0.479 e. The summed E-state index contributed by atoms with van der Waals surface area (Å²) < 4.78 is 23.3. The van der Waals surface area contributed by atoms with Crippen molar-refractivity contribution in [1.29, 1.82) is 0 Å². The van der Waals surface area contributed by atoms with Gasteiger partial charge in [-0.1, -0.05) is 6.07 Å². The lowest BCUT2D eigenvalue weighted by molar-refractivity contribution is -0.162. The van der Waals surface area contributed by atoms with E-state index in [4.69, 9.17) is 9.47 Å². The molecule has 0 spiro atoms. The normalized spacial score (nSPS) is 13.0. The van der Waals surface area contributed by atoms with Gasteiger partial charge in [-0.3, -0.25) is 0 Å². The van der Waals surface area contributed by atoms with Crippen LogP contribution in [-0.2, 0) is 9.53 Å². The third-order valence-corrected chi connectivity index (χ3v) is 1.85. The number of ether oxygens (including phenoxy) is 2. The van der Waals surface area contributed by atoms with E-state index in [1.807, 2.05) is 0 Å². The average molecular weight is 240 g/mol. The van der Waals surface area contributed by atoms with Crippen LogP contribution in [-0.4, -0.2) is 17.7 Å². The molecule has 0 aliphatic heterocycles. The number of hydrogen-bond acceptors (Lipinski definition) is 3. The van der Waals surface area contributed by atoms with Crippen molar-refractivity contribution in [2.24, 2.45) is 0 Å². The topological polar surface area (TPSA) is 35.5 Å². The van der Waals surface area contributed by atoms with Crippen molar-refractivity contribution in [2.45, 2.75) is 39.4 Å². The second-order valence-electron chi connectivity index (χ2n) is 4.75. The number of esters is 1. The summed E-state index contributed by atoms with van der Waals surface area (Å²) in [6.45, 7) is 6.90. The maximum Gasteiger partial charge on any atom is 0.347 e. The van der Waals surface area contributed by atoms with E-state index in [0.29, 0.717) is 5.75 Å². The van der Waals surface area contributed by atoms with E-state index in [1.165, 1.54) is 18.2 Å². The highest BCUT2D eigenvalue weighted by molar-refractivity contribution is 5.75. The fourth-order valence-corrected chi connectivity index (χ4v) is 1.18. The van der Waals surface area contributed by atoms with E-state index in [1.54, 1.807) is 33.8 Å². The van der Waals surface area contributed by atoms with Crippen molar-refractivity contribution in [2.75, 3.05) is 0 Å². The molecule has 0 amide bonds. The molecular formula is C13H17FO3. The Morgan fingerprint density at radius 1 is 1.35 bits per heavy atom. The molecular weight excluding hydrogens is 223 g/mol. The monoisotopic (exact) mass is 240 g/mol. The Morgan fingerprint density at radius 3 is 2.53 bits per heavy atom. The molecule has 1 unspecified atom stereocenters. The molecule has 0 aliphatic carbocycles. The zero-order valence-electron chi connectivity index (χ0n) is 10.5. The van der Waals surface area contributed by atoms with Gasteiger partial charge in [-0.25, -0.2) is 9.18 Å². The van der Waals surface area contributed by atoms with Crippen molar-refractivity contribution in [3.05, 3.63) is 30.1 Å². The van der Waals surface area contributed by atoms with Crippen LogP contribution in [0.25, 0.3) is 0 Å². The SMILES string of the molecule is CC(Oc1cccc(F)c1)C(=O)OC(C)(C)C. The van der Waals surface area contributed by atoms with Gasteiger partial charge in [-0.2, -0.15) is 0 Å². The van der Waals surface area contributed by atoms with Crippen molar-refractivity contribution in [3.8, 4) is 5.75 Å². The van der Waals surface area contributed by atoms with Gasteiger partial charge < -0.3 is 9.47 Å². The summed E-state index contributed by atoms with van der Waals surface area (Å²) >= 11 is 0. The van der Waals surface area contributed by atoms with Crippen molar-refractivity contribution < 1.29 is 18.7 Å². The zero-order chi connectivity index (χ0) is 13.1. The fourth-order valence-electron chi connectivity index (χ4n) is 1.18. The highest BCUT2D eigenvalue weighted by Gasteiger charge is 2.22. The summed E-state index contributed by atoms with van der Waals surface area (Å²) in [6.07, 6.45) is -0.768. The van der Waals surface area contributed by atoms with Crippen LogP contribution < -0.4 is 4.74 Å². The minimum absolute atomic E-state index is 0.309. The molecule has 0 fully saturated rings. The molecule has 1 rings (SSSR count). The summed E-state index contributed by atoms with van der Waals surface area (Å²) in [4.78, 5) is 11.6. The molecule has 4 heteroatoms. The Bertz CT molecular complexity index is 396. The number of rotatable bonds is 3. The first-order chi connectivity index (χ1) is 7.78. The molecule has 1 aromatic rings. The Morgan fingerprint density at radius 2 is 2.00 bits per heavy atom. The molecule has 17 heavy (non-hydrogen) atoms. The van der Waals surface area contributed by atoms with Crippen LogP contribution >= 0.6 is 0 Å². The van der Waals surface area contributed by atoms with Gasteiger partial charge in [-0.15, -0.1) is 0 Å². The first-order valence-corrected chi connectivity index (χ1v) is 5.43. The quantitative estimate of drug-likeness (QED) is 0.762. The molecule has 0 aliphatic rings. The summed E-state index contributed by atoms with van der Waals surface area (Å²) in [6, 6.07) is 5.64. The van der Waals surface area contributed by atoms with E-state index in [2.05, 4.69) is 0 Å². The lowest BCUT2D eigenvalue weighted by Crippen LogP contribution is -2.33. The van der Waals surface area contributed by atoms with Crippen LogP contribution in [0.3, 0.4) is 0 Å². The summed E-state index contributed by atoms with van der Waals surface area (Å²) in [5, 5.41) is 0. The van der Waals surface area contributed by atoms with E-state index in [0.717, 1.165) is 0 Å². The van der Waals surface area contributed by atoms with Crippen LogP contribution in [0.2, 0.25) is 0 Å². The van der Waals surface area contributed by atoms with Crippen LogP contribution in [0.15, 0.2) is 24.3 Å². The summed E-state index contributed by atoms with van der Waals surface area (Å²) in [7, 11) is 0. The second kappa shape index (κ2) is 5.17. The van der Waals surface area contributed by atoms with Gasteiger partial charge in [0, 0.05) is 6.07 Å². The maximum absolute atomic E-state index is 12.9. The molecule has 0 heterocycles. The van der Waals surface area contributed by atoms with Crippen molar-refractivity contribution >= 4 is 5.97 Å². The highest BCUT2D eigenvalue weighted by atomic mass is 19.1. The van der Waals surface area contributed by atoms with Crippen LogP contribution in [0.1, 0.15) is 27.7 Å². The minimum atomic E-state index is -0.768. The van der Waals surface area contributed by atoms with E-state index in [-0.39, 0.29) is 0 Å². The first kappa shape index (κ1) is 13.5. The molecule has 1 aromatic carbocycles. The van der Waals surface area contributed by atoms with Gasteiger partial charge in [0.1, 0.15) is 17.2 Å². The van der Waals surface area contributed by atoms with Crippen molar-refractivity contribution in [3.63, 3.8) is 0 Å². The lowest BCUT2D eigenvalue weighted by atomic mass is 10.2. The van der Waals surface area contributed by atoms with Crippen molar-refractivity contribution in [1.82, 2.24) is 0 Å². The zero-order valence-corrected chi connectivity index (χ0v) is 10.5. The molecule has 3 nitrogen and oxygen atoms in total. The Kier molecular flexibility index (Phi) is 4.10. The highest BCUT2D eigenvalue weighted by Crippen LogP contribution is 2.16. The summed E-state index contributed by atoms with van der Waals surface area (Å²) in [5.41, 5.74) is -0.559. The first-order valence-electron chi connectivity index (χ1n) is 5.43. The Hall–Kier alpha value is -1.58. The van der Waals surface area contributed by atoms with Crippen LogP contribution in [0, 0.1) is 5.82 Å². The van der Waals surface area contributed by atoms with E-state index >= 15 is 0 Å². The molecule has 0 radical (unpaired) electrons.